The van der Waals surface area contributed by atoms with E-state index in [4.69, 9.17) is 11.6 Å². The van der Waals surface area contributed by atoms with Crippen molar-refractivity contribution in [3.63, 3.8) is 0 Å². The number of hydrogen-bond acceptors (Lipinski definition) is 3. The van der Waals surface area contributed by atoms with E-state index in [9.17, 15) is 8.78 Å². The van der Waals surface area contributed by atoms with Crippen LogP contribution < -0.4 is 0 Å². The van der Waals surface area contributed by atoms with Crippen LogP contribution in [0.15, 0.2) is 36.5 Å². The molecule has 1 aliphatic carbocycles. The maximum Gasteiger partial charge on any atom is 0.144 e. The molecule has 0 atom stereocenters. The van der Waals surface area contributed by atoms with Gasteiger partial charge < -0.3 is 4.57 Å². The van der Waals surface area contributed by atoms with E-state index >= 15 is 0 Å². The summed E-state index contributed by atoms with van der Waals surface area (Å²) in [5.41, 5.74) is 0.370. The van der Waals surface area contributed by atoms with Crippen LogP contribution in [0.2, 0.25) is 5.02 Å². The second-order valence-electron chi connectivity index (χ2n) is 7.74. The summed E-state index contributed by atoms with van der Waals surface area (Å²) in [6.45, 7) is 4.44. The van der Waals surface area contributed by atoms with Crippen LogP contribution in [0.25, 0.3) is 0 Å². The van der Waals surface area contributed by atoms with Crippen molar-refractivity contribution in [3.8, 4) is 0 Å². The second kappa shape index (κ2) is 7.24. The molecule has 1 aromatic carbocycles. The van der Waals surface area contributed by atoms with Crippen molar-refractivity contribution in [3.05, 3.63) is 76.1 Å². The molecule has 4 nitrogen and oxygen atoms in total. The van der Waals surface area contributed by atoms with E-state index in [2.05, 4.69) is 15.2 Å². The Balaban J connectivity index is 1.70. The molecule has 0 saturated heterocycles. The summed E-state index contributed by atoms with van der Waals surface area (Å²) in [4.78, 5) is 4.45. The van der Waals surface area contributed by atoms with Gasteiger partial charge in [-0.15, -0.1) is 10.2 Å². The van der Waals surface area contributed by atoms with Gasteiger partial charge in [-0.3, -0.25) is 4.98 Å². The number of benzene rings is 1. The van der Waals surface area contributed by atoms with Crippen LogP contribution in [0.4, 0.5) is 8.78 Å². The fraction of sp³-hybridized carbons (Fsp3) is 0.381. The van der Waals surface area contributed by atoms with Gasteiger partial charge in [-0.1, -0.05) is 17.7 Å². The van der Waals surface area contributed by atoms with Gasteiger partial charge in [0.15, 0.2) is 0 Å². The molecule has 28 heavy (non-hydrogen) atoms. The van der Waals surface area contributed by atoms with Gasteiger partial charge in [0, 0.05) is 24.2 Å². The van der Waals surface area contributed by atoms with Gasteiger partial charge in [-0.25, -0.2) is 8.78 Å². The maximum absolute atomic E-state index is 14.1. The van der Waals surface area contributed by atoms with Crippen molar-refractivity contribution in [2.45, 2.75) is 51.0 Å². The predicted molar refractivity (Wildman–Crippen MR) is 103 cm³/mol. The van der Waals surface area contributed by atoms with Crippen LogP contribution in [0, 0.1) is 11.6 Å². The Kier molecular flexibility index (Phi) is 4.91. The Morgan fingerprint density at radius 1 is 1.11 bits per heavy atom. The van der Waals surface area contributed by atoms with Crippen molar-refractivity contribution < 1.29 is 8.78 Å². The number of aromatic nitrogens is 4. The smallest absolute Gasteiger partial charge is 0.144 e. The molecule has 0 bridgehead atoms. The largest absolute Gasteiger partial charge is 0.314 e. The predicted octanol–water partition coefficient (Wildman–Crippen LogP) is 5.05. The van der Waals surface area contributed by atoms with Crippen LogP contribution in [0.5, 0.6) is 0 Å². The van der Waals surface area contributed by atoms with Gasteiger partial charge in [0.2, 0.25) is 0 Å². The number of halogens is 3. The molecule has 0 unspecified atom stereocenters. The quantitative estimate of drug-likeness (QED) is 0.579. The molecule has 0 N–H and O–H groups in total. The lowest BCUT2D eigenvalue weighted by atomic mass is 9.87. The maximum atomic E-state index is 14.1. The van der Waals surface area contributed by atoms with E-state index in [1.54, 1.807) is 12.3 Å². The highest BCUT2D eigenvalue weighted by Gasteiger charge is 2.36. The van der Waals surface area contributed by atoms with Crippen LogP contribution in [-0.2, 0) is 18.4 Å². The highest BCUT2D eigenvalue weighted by molar-refractivity contribution is 6.30. The summed E-state index contributed by atoms with van der Waals surface area (Å²) in [7, 11) is 0. The normalized spacial score (nSPS) is 14.5. The van der Waals surface area contributed by atoms with Crippen LogP contribution in [0.1, 0.15) is 55.5 Å². The first kappa shape index (κ1) is 19.0. The molecule has 1 saturated carbocycles. The van der Waals surface area contributed by atoms with E-state index in [1.807, 2.05) is 24.5 Å². The molecular formula is C21H21ClF2N4. The van der Waals surface area contributed by atoms with Gasteiger partial charge >= 0.3 is 0 Å². The fourth-order valence-corrected chi connectivity index (χ4v) is 3.61. The zero-order chi connectivity index (χ0) is 19.9. The minimum atomic E-state index is -0.529. The molecule has 1 fully saturated rings. The van der Waals surface area contributed by atoms with Crippen LogP contribution >= 0.6 is 11.6 Å². The lowest BCUT2D eigenvalue weighted by Gasteiger charge is -2.24. The zero-order valence-corrected chi connectivity index (χ0v) is 16.5. The molecule has 4 rings (SSSR count). The van der Waals surface area contributed by atoms with Crippen molar-refractivity contribution in [1.82, 2.24) is 19.7 Å². The second-order valence-corrected chi connectivity index (χ2v) is 8.18. The number of rotatable bonds is 6. The number of nitrogens with zero attached hydrogens (tertiary/aromatic N) is 4. The fourth-order valence-electron chi connectivity index (χ4n) is 3.50. The average molecular weight is 403 g/mol. The molecule has 146 valence electrons. The summed E-state index contributed by atoms with van der Waals surface area (Å²) in [6, 6.07) is 7.62. The van der Waals surface area contributed by atoms with E-state index < -0.39 is 17.0 Å². The van der Waals surface area contributed by atoms with Crippen LogP contribution in [-0.4, -0.2) is 19.7 Å². The van der Waals surface area contributed by atoms with Gasteiger partial charge in [0.05, 0.1) is 16.1 Å². The summed E-state index contributed by atoms with van der Waals surface area (Å²) in [5.74, 6) is 0.929. The standard InChI is InChI=1S/C21H21ClF2N4/c1-21(2,18-9-8-14(22)12-25-18)20-27-26-19(13-6-7-13)28(20)11-10-15-16(23)4-3-5-17(15)24/h3-5,8-9,12-13H,6-7,10-11H2,1-2H3. The van der Waals surface area contributed by atoms with Crippen molar-refractivity contribution in [2.75, 3.05) is 0 Å². The first-order valence-electron chi connectivity index (χ1n) is 9.36. The molecular weight excluding hydrogens is 382 g/mol. The Labute approximate surface area is 167 Å². The Morgan fingerprint density at radius 2 is 1.82 bits per heavy atom. The van der Waals surface area contributed by atoms with E-state index in [1.165, 1.54) is 18.2 Å². The molecule has 7 heteroatoms. The van der Waals surface area contributed by atoms with Crippen molar-refractivity contribution in [1.29, 1.82) is 0 Å². The first-order valence-corrected chi connectivity index (χ1v) is 9.74. The molecule has 2 aromatic heterocycles. The number of pyridine rings is 1. The van der Waals surface area contributed by atoms with Crippen molar-refractivity contribution >= 4 is 11.6 Å². The lowest BCUT2D eigenvalue weighted by Crippen LogP contribution is -2.27. The highest BCUT2D eigenvalue weighted by Crippen LogP contribution is 2.41. The van der Waals surface area contributed by atoms with Crippen LogP contribution in [0.3, 0.4) is 0 Å². The molecule has 3 aromatic rings. The van der Waals surface area contributed by atoms with Gasteiger partial charge in [0.1, 0.15) is 23.3 Å². The molecule has 0 spiro atoms. The zero-order valence-electron chi connectivity index (χ0n) is 15.8. The third-order valence-corrected chi connectivity index (χ3v) is 5.52. The number of hydrogen-bond donors (Lipinski definition) is 0. The van der Waals surface area contributed by atoms with Gasteiger partial charge in [0.25, 0.3) is 0 Å². The van der Waals surface area contributed by atoms with Gasteiger partial charge in [-0.2, -0.15) is 0 Å². The highest BCUT2D eigenvalue weighted by atomic mass is 35.5. The van der Waals surface area contributed by atoms with E-state index in [0.717, 1.165) is 30.2 Å². The van der Waals surface area contributed by atoms with Crippen molar-refractivity contribution in [2.24, 2.45) is 0 Å². The van der Waals surface area contributed by atoms with E-state index in [0.29, 0.717) is 17.5 Å². The van der Waals surface area contributed by atoms with E-state index in [-0.39, 0.29) is 12.0 Å². The Bertz CT molecular complexity index is 974. The Morgan fingerprint density at radius 3 is 2.43 bits per heavy atom. The molecule has 0 radical (unpaired) electrons. The third-order valence-electron chi connectivity index (χ3n) is 5.30. The average Bonchev–Trinajstić information content (AvgIpc) is 3.41. The molecule has 0 amide bonds. The topological polar surface area (TPSA) is 43.6 Å². The summed E-state index contributed by atoms with van der Waals surface area (Å²) in [5, 5.41) is 9.44. The molecule has 1 aliphatic rings. The third kappa shape index (κ3) is 3.53. The molecule has 2 heterocycles. The summed E-state index contributed by atoms with van der Waals surface area (Å²) < 4.78 is 30.2. The first-order chi connectivity index (χ1) is 13.4. The summed E-state index contributed by atoms with van der Waals surface area (Å²) >= 11 is 5.97. The lowest BCUT2D eigenvalue weighted by molar-refractivity contribution is 0.494. The minimum Gasteiger partial charge on any atom is -0.314 e. The summed E-state index contributed by atoms with van der Waals surface area (Å²) in [6.07, 6.45) is 3.96. The molecule has 0 aliphatic heterocycles. The monoisotopic (exact) mass is 402 g/mol. The SMILES string of the molecule is CC(C)(c1ccc(Cl)cn1)c1nnc(C2CC2)n1CCc1c(F)cccc1F. The Hall–Kier alpha value is -2.34. The van der Waals surface area contributed by atoms with Gasteiger partial charge in [-0.05, 0) is 57.4 Å². The minimum absolute atomic E-state index is 0.0892.